The van der Waals surface area contributed by atoms with Crippen molar-refractivity contribution < 1.29 is 8.42 Å². The van der Waals surface area contributed by atoms with Crippen LogP contribution in [0, 0.1) is 5.92 Å². The van der Waals surface area contributed by atoms with Crippen molar-refractivity contribution in [2.45, 2.75) is 18.7 Å². The van der Waals surface area contributed by atoms with Crippen LogP contribution in [-0.4, -0.2) is 21.2 Å². The quantitative estimate of drug-likeness (QED) is 0.907. The first-order valence-electron chi connectivity index (χ1n) is 5.04. The monoisotopic (exact) mass is 261 g/mol. The smallest absolute Gasteiger partial charge is 0.175 e. The van der Waals surface area contributed by atoms with Gasteiger partial charge < -0.3 is 5.32 Å². The lowest BCUT2D eigenvalue weighted by molar-refractivity contribution is 0.602. The van der Waals surface area contributed by atoms with Crippen molar-refractivity contribution >= 4 is 27.1 Å². The Morgan fingerprint density at radius 1 is 1.38 bits per heavy atom. The highest BCUT2D eigenvalue weighted by Crippen LogP contribution is 2.25. The topological polar surface area (TPSA) is 46.2 Å². The van der Waals surface area contributed by atoms with E-state index >= 15 is 0 Å². The zero-order valence-electron chi connectivity index (χ0n) is 9.62. The van der Waals surface area contributed by atoms with Crippen LogP contribution in [-0.2, 0) is 9.84 Å². The molecule has 1 aromatic rings. The van der Waals surface area contributed by atoms with Crippen molar-refractivity contribution in [3.05, 3.63) is 23.2 Å². The molecule has 0 aromatic heterocycles. The number of nitrogens with one attached hydrogen (secondary N) is 1. The molecule has 0 heterocycles. The first-order valence-corrected chi connectivity index (χ1v) is 7.31. The summed E-state index contributed by atoms with van der Waals surface area (Å²) in [6.07, 6.45) is 1.18. The van der Waals surface area contributed by atoms with Crippen molar-refractivity contribution in [1.82, 2.24) is 0 Å². The van der Waals surface area contributed by atoms with Gasteiger partial charge >= 0.3 is 0 Å². The van der Waals surface area contributed by atoms with Gasteiger partial charge in [-0.15, -0.1) is 0 Å². The van der Waals surface area contributed by atoms with Crippen LogP contribution in [0.3, 0.4) is 0 Å². The Balaban J connectivity index is 3.00. The lowest BCUT2D eigenvalue weighted by Crippen LogP contribution is -2.09. The predicted molar refractivity (Wildman–Crippen MR) is 67.9 cm³/mol. The van der Waals surface area contributed by atoms with Crippen LogP contribution < -0.4 is 5.32 Å². The van der Waals surface area contributed by atoms with E-state index in [1.54, 1.807) is 12.1 Å². The number of hydrogen-bond donors (Lipinski definition) is 1. The molecule has 90 valence electrons. The van der Waals surface area contributed by atoms with Gasteiger partial charge in [-0.2, -0.15) is 0 Å². The van der Waals surface area contributed by atoms with E-state index in [0.29, 0.717) is 16.6 Å². The molecule has 0 aliphatic carbocycles. The summed E-state index contributed by atoms with van der Waals surface area (Å²) in [4.78, 5) is 0.281. The zero-order valence-corrected chi connectivity index (χ0v) is 11.2. The van der Waals surface area contributed by atoms with Gasteiger partial charge in [0.15, 0.2) is 9.84 Å². The summed E-state index contributed by atoms with van der Waals surface area (Å²) >= 11 is 5.97. The molecule has 0 atom stereocenters. The Morgan fingerprint density at radius 3 is 2.50 bits per heavy atom. The average molecular weight is 262 g/mol. The Morgan fingerprint density at radius 2 is 2.00 bits per heavy atom. The molecule has 0 unspecified atom stereocenters. The second kappa shape index (κ2) is 5.06. The molecule has 3 nitrogen and oxygen atoms in total. The molecule has 0 fully saturated rings. The number of sulfone groups is 1. The normalized spacial score (nSPS) is 11.8. The maximum absolute atomic E-state index is 11.4. The second-order valence-corrected chi connectivity index (χ2v) is 6.61. The third kappa shape index (κ3) is 3.68. The average Bonchev–Trinajstić information content (AvgIpc) is 2.14. The maximum atomic E-state index is 11.4. The molecule has 1 aromatic carbocycles. The fourth-order valence-electron chi connectivity index (χ4n) is 1.18. The molecular formula is C11H16ClNO2S. The van der Waals surface area contributed by atoms with Crippen LogP contribution >= 0.6 is 11.6 Å². The van der Waals surface area contributed by atoms with Gasteiger partial charge in [0.05, 0.1) is 15.6 Å². The van der Waals surface area contributed by atoms with Gasteiger partial charge in [0.2, 0.25) is 0 Å². The molecule has 16 heavy (non-hydrogen) atoms. The first kappa shape index (κ1) is 13.3. The molecule has 1 rings (SSSR count). The molecule has 5 heteroatoms. The Kier molecular flexibility index (Phi) is 4.21. The van der Waals surface area contributed by atoms with E-state index in [2.05, 4.69) is 19.2 Å². The zero-order chi connectivity index (χ0) is 12.3. The fraction of sp³-hybridized carbons (Fsp3) is 0.455. The summed E-state index contributed by atoms with van der Waals surface area (Å²) in [6, 6.07) is 4.68. The van der Waals surface area contributed by atoms with E-state index in [4.69, 9.17) is 11.6 Å². The van der Waals surface area contributed by atoms with Crippen molar-refractivity contribution in [1.29, 1.82) is 0 Å². The molecule has 0 spiro atoms. The fourth-order valence-corrected chi connectivity index (χ4v) is 2.02. The molecule has 0 radical (unpaired) electrons. The summed E-state index contributed by atoms with van der Waals surface area (Å²) in [5.74, 6) is 0.470. The van der Waals surface area contributed by atoms with Gasteiger partial charge in [-0.25, -0.2) is 8.42 Å². The van der Waals surface area contributed by atoms with Crippen LogP contribution in [0.15, 0.2) is 23.1 Å². The van der Waals surface area contributed by atoms with Crippen LogP contribution in [0.5, 0.6) is 0 Å². The molecule has 0 aliphatic heterocycles. The highest BCUT2D eigenvalue weighted by molar-refractivity contribution is 7.90. The third-order valence-electron chi connectivity index (χ3n) is 2.07. The summed E-state index contributed by atoms with van der Waals surface area (Å²) in [5, 5.41) is 3.66. The van der Waals surface area contributed by atoms with Crippen LogP contribution in [0.2, 0.25) is 5.02 Å². The number of rotatable bonds is 4. The summed E-state index contributed by atoms with van der Waals surface area (Å²) < 4.78 is 22.7. The third-order valence-corrected chi connectivity index (χ3v) is 3.51. The van der Waals surface area contributed by atoms with E-state index in [1.165, 1.54) is 12.3 Å². The van der Waals surface area contributed by atoms with Gasteiger partial charge in [-0.05, 0) is 24.1 Å². The first-order chi connectivity index (χ1) is 7.30. The van der Waals surface area contributed by atoms with Gasteiger partial charge in [-0.3, -0.25) is 0 Å². The lowest BCUT2D eigenvalue weighted by Gasteiger charge is -2.11. The van der Waals surface area contributed by atoms with Crippen molar-refractivity contribution in [3.63, 3.8) is 0 Å². The minimum atomic E-state index is -3.18. The van der Waals surface area contributed by atoms with E-state index in [1.807, 2.05) is 0 Å². The summed E-state index contributed by atoms with van der Waals surface area (Å²) in [6.45, 7) is 4.90. The van der Waals surface area contributed by atoms with Crippen molar-refractivity contribution in [3.8, 4) is 0 Å². The lowest BCUT2D eigenvalue weighted by atomic mass is 10.2. The molecule has 0 amide bonds. The SMILES string of the molecule is CC(C)CNc1cc(S(C)(=O)=O)ccc1Cl. The Hall–Kier alpha value is -0.740. The second-order valence-electron chi connectivity index (χ2n) is 4.19. The van der Waals surface area contributed by atoms with Gasteiger partial charge in [0, 0.05) is 12.8 Å². The minimum absolute atomic E-state index is 0.281. The van der Waals surface area contributed by atoms with Crippen LogP contribution in [0.4, 0.5) is 5.69 Å². The van der Waals surface area contributed by atoms with Gasteiger partial charge in [0.1, 0.15) is 0 Å². The number of anilines is 1. The highest BCUT2D eigenvalue weighted by atomic mass is 35.5. The van der Waals surface area contributed by atoms with Crippen molar-refractivity contribution in [2.75, 3.05) is 18.1 Å². The van der Waals surface area contributed by atoms with Crippen molar-refractivity contribution in [2.24, 2.45) is 5.92 Å². The summed E-state index contributed by atoms with van der Waals surface area (Å²) in [5.41, 5.74) is 0.665. The Bertz CT molecular complexity index is 469. The largest absolute Gasteiger partial charge is 0.384 e. The van der Waals surface area contributed by atoms with Crippen LogP contribution in [0.25, 0.3) is 0 Å². The van der Waals surface area contributed by atoms with Crippen LogP contribution in [0.1, 0.15) is 13.8 Å². The minimum Gasteiger partial charge on any atom is -0.384 e. The standard InChI is InChI=1S/C11H16ClNO2S/c1-8(2)7-13-11-6-9(16(3,14)15)4-5-10(11)12/h4-6,8,13H,7H2,1-3H3. The van der Waals surface area contributed by atoms with E-state index in [0.717, 1.165) is 6.54 Å². The predicted octanol–water partition coefficient (Wildman–Crippen LogP) is 2.81. The molecule has 0 bridgehead atoms. The molecule has 0 aliphatic rings. The molecular weight excluding hydrogens is 246 g/mol. The number of benzene rings is 1. The molecule has 0 saturated heterocycles. The Labute approximate surface area is 102 Å². The molecule has 0 saturated carbocycles. The van der Waals surface area contributed by atoms with E-state index in [9.17, 15) is 8.42 Å². The molecule has 1 N–H and O–H groups in total. The maximum Gasteiger partial charge on any atom is 0.175 e. The van der Waals surface area contributed by atoms with E-state index < -0.39 is 9.84 Å². The number of hydrogen-bond acceptors (Lipinski definition) is 3. The summed E-state index contributed by atoms with van der Waals surface area (Å²) in [7, 11) is -3.18. The van der Waals surface area contributed by atoms with Gasteiger partial charge in [0.25, 0.3) is 0 Å². The highest BCUT2D eigenvalue weighted by Gasteiger charge is 2.10. The number of halogens is 1. The van der Waals surface area contributed by atoms with E-state index in [-0.39, 0.29) is 4.90 Å². The van der Waals surface area contributed by atoms with Gasteiger partial charge in [-0.1, -0.05) is 25.4 Å².